The second-order valence-corrected chi connectivity index (χ2v) is 7.71. The zero-order chi connectivity index (χ0) is 14.4. The molecule has 0 radical (unpaired) electrons. The average Bonchev–Trinajstić information content (AvgIpc) is 2.61. The summed E-state index contributed by atoms with van der Waals surface area (Å²) in [6, 6.07) is 4.70. The van der Waals surface area contributed by atoms with Crippen molar-refractivity contribution in [2.24, 2.45) is 5.92 Å². The molecule has 6 heteroatoms. The molecule has 0 spiro atoms. The molecule has 0 bridgehead atoms. The number of benzene rings is 1. The Labute approximate surface area is 117 Å². The molecule has 4 nitrogen and oxygen atoms in total. The van der Waals surface area contributed by atoms with E-state index in [2.05, 4.69) is 0 Å². The first-order valence-corrected chi connectivity index (χ1v) is 8.43. The molecule has 0 aliphatic carbocycles. The summed E-state index contributed by atoms with van der Waals surface area (Å²) in [4.78, 5) is 14.0. The highest BCUT2D eigenvalue weighted by Gasteiger charge is 2.32. The Morgan fingerprint density at radius 3 is 2.58 bits per heavy atom. The Hall–Kier alpha value is -1.07. The van der Waals surface area contributed by atoms with Gasteiger partial charge in [0, 0.05) is 28.3 Å². The summed E-state index contributed by atoms with van der Waals surface area (Å²) in [5.41, 5.74) is 1.64. The van der Waals surface area contributed by atoms with Gasteiger partial charge in [0.15, 0.2) is 0 Å². The molecule has 0 saturated carbocycles. The average molecular weight is 302 g/mol. The molecule has 1 aromatic rings. The lowest BCUT2D eigenvalue weighted by Gasteiger charge is -2.24. The first-order valence-electron chi connectivity index (χ1n) is 6.12. The van der Waals surface area contributed by atoms with Crippen molar-refractivity contribution in [3.8, 4) is 0 Å². The lowest BCUT2D eigenvalue weighted by atomic mass is 10.1. The highest BCUT2D eigenvalue weighted by molar-refractivity contribution is 8.13. The van der Waals surface area contributed by atoms with Crippen LogP contribution in [-0.4, -0.2) is 20.4 Å². The van der Waals surface area contributed by atoms with Crippen molar-refractivity contribution in [1.82, 2.24) is 0 Å². The van der Waals surface area contributed by atoms with Gasteiger partial charge < -0.3 is 4.90 Å². The Bertz CT molecular complexity index is 625. The zero-order valence-electron chi connectivity index (χ0n) is 11.1. The lowest BCUT2D eigenvalue weighted by Crippen LogP contribution is -2.38. The monoisotopic (exact) mass is 301 g/mol. The van der Waals surface area contributed by atoms with Crippen LogP contribution in [0.3, 0.4) is 0 Å². The predicted molar refractivity (Wildman–Crippen MR) is 75.0 cm³/mol. The van der Waals surface area contributed by atoms with Gasteiger partial charge in [-0.05, 0) is 37.1 Å². The number of anilines is 1. The van der Waals surface area contributed by atoms with Crippen molar-refractivity contribution in [2.45, 2.75) is 38.1 Å². The normalized spacial score (nSPS) is 18.8. The van der Waals surface area contributed by atoms with Crippen molar-refractivity contribution in [3.05, 3.63) is 23.8 Å². The van der Waals surface area contributed by atoms with Crippen LogP contribution >= 0.6 is 10.7 Å². The summed E-state index contributed by atoms with van der Waals surface area (Å²) in [5, 5.41) is 0. The molecule has 2 rings (SSSR count). The predicted octanol–water partition coefficient (Wildman–Crippen LogP) is 2.55. The third kappa shape index (κ3) is 2.62. The maximum Gasteiger partial charge on any atom is 0.261 e. The van der Waals surface area contributed by atoms with Gasteiger partial charge in [-0.25, -0.2) is 8.42 Å². The highest BCUT2D eigenvalue weighted by Crippen LogP contribution is 2.35. The minimum atomic E-state index is -3.73. The Morgan fingerprint density at radius 2 is 2.05 bits per heavy atom. The number of carbonyl (C=O) groups is 1. The smallest absolute Gasteiger partial charge is 0.261 e. The molecule has 1 heterocycles. The van der Waals surface area contributed by atoms with Gasteiger partial charge >= 0.3 is 0 Å². The van der Waals surface area contributed by atoms with Gasteiger partial charge in [0.05, 0.1) is 4.90 Å². The van der Waals surface area contributed by atoms with Crippen molar-refractivity contribution in [2.75, 3.05) is 4.90 Å². The lowest BCUT2D eigenvalue weighted by molar-refractivity contribution is -0.121. The zero-order valence-corrected chi connectivity index (χ0v) is 12.6. The number of fused-ring (bicyclic) bond motifs is 1. The summed E-state index contributed by atoms with van der Waals surface area (Å²) >= 11 is 0. The van der Waals surface area contributed by atoms with Crippen LogP contribution in [0.25, 0.3) is 0 Å². The van der Waals surface area contributed by atoms with Crippen LogP contribution in [0.1, 0.15) is 26.3 Å². The van der Waals surface area contributed by atoms with Crippen molar-refractivity contribution >= 4 is 31.3 Å². The molecule has 0 aromatic heterocycles. The molecule has 0 fully saturated rings. The van der Waals surface area contributed by atoms with Crippen LogP contribution in [-0.2, 0) is 20.3 Å². The third-order valence-electron chi connectivity index (χ3n) is 3.28. The maximum atomic E-state index is 12.2. The van der Waals surface area contributed by atoms with E-state index in [1.165, 1.54) is 6.07 Å². The summed E-state index contributed by atoms with van der Waals surface area (Å²) in [6.07, 6.45) is 0.647. The van der Waals surface area contributed by atoms with Crippen LogP contribution in [0.15, 0.2) is 23.1 Å². The molecule has 0 N–H and O–H groups in total. The summed E-state index contributed by atoms with van der Waals surface area (Å²) in [6.45, 7) is 5.66. The topological polar surface area (TPSA) is 54.5 Å². The van der Waals surface area contributed by atoms with E-state index in [-0.39, 0.29) is 22.8 Å². The molecule has 0 saturated heterocycles. The molecule has 19 heavy (non-hydrogen) atoms. The number of amides is 1. The van der Waals surface area contributed by atoms with E-state index < -0.39 is 9.05 Å². The quantitative estimate of drug-likeness (QED) is 0.789. The van der Waals surface area contributed by atoms with Gasteiger partial charge in [-0.3, -0.25) is 4.79 Å². The van der Waals surface area contributed by atoms with Crippen LogP contribution < -0.4 is 4.90 Å². The first-order chi connectivity index (χ1) is 8.71. The third-order valence-corrected chi connectivity index (χ3v) is 4.63. The highest BCUT2D eigenvalue weighted by atomic mass is 35.7. The molecule has 104 valence electrons. The molecule has 1 amide bonds. The van der Waals surface area contributed by atoms with E-state index in [9.17, 15) is 13.2 Å². The molecular weight excluding hydrogens is 286 g/mol. The van der Waals surface area contributed by atoms with E-state index >= 15 is 0 Å². The van der Waals surface area contributed by atoms with E-state index in [1.54, 1.807) is 17.0 Å². The second-order valence-electron chi connectivity index (χ2n) is 5.14. The Morgan fingerprint density at radius 1 is 1.42 bits per heavy atom. The van der Waals surface area contributed by atoms with Crippen LogP contribution in [0.4, 0.5) is 5.69 Å². The number of nitrogens with zero attached hydrogens (tertiary/aromatic N) is 1. The number of halogens is 1. The minimum absolute atomic E-state index is 0.0400. The summed E-state index contributed by atoms with van der Waals surface area (Å²) in [7, 11) is 1.61. The van der Waals surface area contributed by atoms with Gasteiger partial charge in [-0.15, -0.1) is 0 Å². The first kappa shape index (κ1) is 14.3. The Kier molecular flexibility index (Phi) is 3.62. The molecule has 1 aromatic carbocycles. The fraction of sp³-hybridized carbons (Fsp3) is 0.462. The van der Waals surface area contributed by atoms with Crippen LogP contribution in [0.2, 0.25) is 0 Å². The molecule has 1 aliphatic rings. The van der Waals surface area contributed by atoms with Crippen molar-refractivity contribution in [3.63, 3.8) is 0 Å². The van der Waals surface area contributed by atoms with E-state index in [1.807, 2.05) is 20.8 Å². The molecule has 1 unspecified atom stereocenters. The van der Waals surface area contributed by atoms with E-state index in [0.29, 0.717) is 6.42 Å². The van der Waals surface area contributed by atoms with Crippen molar-refractivity contribution in [1.29, 1.82) is 0 Å². The summed E-state index contributed by atoms with van der Waals surface area (Å²) < 4.78 is 22.6. The SMILES string of the molecule is CC(C)C(=O)N1c2ccc(S(=O)(=O)Cl)cc2CC1C. The Balaban J connectivity index is 2.47. The van der Waals surface area contributed by atoms with Crippen LogP contribution in [0.5, 0.6) is 0 Å². The fourth-order valence-electron chi connectivity index (χ4n) is 2.37. The van der Waals surface area contributed by atoms with Gasteiger partial charge in [0.1, 0.15) is 0 Å². The van der Waals surface area contributed by atoms with Gasteiger partial charge in [-0.2, -0.15) is 0 Å². The number of hydrogen-bond donors (Lipinski definition) is 0. The number of carbonyl (C=O) groups excluding carboxylic acids is 1. The standard InChI is InChI=1S/C13H16ClNO3S/c1-8(2)13(16)15-9(3)6-10-7-11(19(14,17)18)4-5-12(10)15/h4-5,7-9H,6H2,1-3H3. The molecule has 1 atom stereocenters. The number of hydrogen-bond acceptors (Lipinski definition) is 3. The number of rotatable bonds is 2. The van der Waals surface area contributed by atoms with Crippen LogP contribution in [0, 0.1) is 5.92 Å². The largest absolute Gasteiger partial charge is 0.309 e. The van der Waals surface area contributed by atoms with Crippen molar-refractivity contribution < 1.29 is 13.2 Å². The van der Waals surface area contributed by atoms with E-state index in [0.717, 1.165) is 11.3 Å². The van der Waals surface area contributed by atoms with Gasteiger partial charge in [-0.1, -0.05) is 13.8 Å². The molecular formula is C13H16ClNO3S. The second kappa shape index (κ2) is 4.80. The van der Waals surface area contributed by atoms with Gasteiger partial charge in [0.2, 0.25) is 5.91 Å². The maximum absolute atomic E-state index is 12.2. The summed E-state index contributed by atoms with van der Waals surface area (Å²) in [5.74, 6) is -0.0439. The fourth-order valence-corrected chi connectivity index (χ4v) is 3.17. The van der Waals surface area contributed by atoms with E-state index in [4.69, 9.17) is 10.7 Å². The van der Waals surface area contributed by atoms with Gasteiger partial charge in [0.25, 0.3) is 9.05 Å². The minimum Gasteiger partial charge on any atom is -0.309 e. The molecule has 1 aliphatic heterocycles.